The minimum atomic E-state index is -0.685. The first-order valence-corrected chi connectivity index (χ1v) is 7.08. The van der Waals surface area contributed by atoms with Gasteiger partial charge in [-0.3, -0.25) is 0 Å². The van der Waals surface area contributed by atoms with E-state index in [2.05, 4.69) is 26.5 Å². The highest BCUT2D eigenvalue weighted by Crippen LogP contribution is 2.36. The molecule has 0 radical (unpaired) electrons. The minimum absolute atomic E-state index is 0.381. The number of aliphatic hydroxyl groups excluding tert-OH is 1. The van der Waals surface area contributed by atoms with E-state index in [4.69, 9.17) is 5.73 Å². The number of aliphatic hydroxyl groups is 1. The molecule has 1 saturated carbocycles. The van der Waals surface area contributed by atoms with E-state index in [-0.39, 0.29) is 0 Å². The van der Waals surface area contributed by atoms with Gasteiger partial charge in [0.25, 0.3) is 0 Å². The lowest BCUT2D eigenvalue weighted by atomic mass is 9.80. The molecule has 2 nitrogen and oxygen atoms in total. The van der Waals surface area contributed by atoms with Crippen molar-refractivity contribution in [2.45, 2.75) is 69.8 Å². The number of hydrogen-bond acceptors (Lipinski definition) is 3. The van der Waals surface area contributed by atoms with E-state index in [0.717, 1.165) is 25.7 Å². The molecule has 16 heavy (non-hydrogen) atoms. The largest absolute Gasteiger partial charge is 0.390 e. The molecule has 0 amide bonds. The molecule has 1 aliphatic rings. The van der Waals surface area contributed by atoms with Gasteiger partial charge in [0, 0.05) is 0 Å². The van der Waals surface area contributed by atoms with Crippen molar-refractivity contribution in [1.82, 2.24) is 0 Å². The minimum Gasteiger partial charge on any atom is -0.390 e. The highest BCUT2D eigenvalue weighted by Gasteiger charge is 2.38. The Kier molecular flexibility index (Phi) is 5.62. The van der Waals surface area contributed by atoms with Gasteiger partial charge < -0.3 is 10.8 Å². The van der Waals surface area contributed by atoms with Crippen LogP contribution in [0.2, 0.25) is 0 Å². The molecule has 0 aromatic rings. The zero-order valence-electron chi connectivity index (χ0n) is 10.7. The van der Waals surface area contributed by atoms with Gasteiger partial charge in [-0.1, -0.05) is 33.1 Å². The molecular weight excluding hydrogens is 218 g/mol. The maximum atomic E-state index is 10.2. The Morgan fingerprint density at radius 2 is 1.81 bits per heavy atom. The van der Waals surface area contributed by atoms with Gasteiger partial charge in [0.05, 0.1) is 11.0 Å². The highest BCUT2D eigenvalue weighted by molar-refractivity contribution is 7.81. The summed E-state index contributed by atoms with van der Waals surface area (Å²) in [5.41, 5.74) is 6.24. The van der Waals surface area contributed by atoms with E-state index in [1.54, 1.807) is 0 Å². The summed E-state index contributed by atoms with van der Waals surface area (Å²) in [7, 11) is 0. The normalized spacial score (nSPS) is 24.4. The van der Waals surface area contributed by atoms with Gasteiger partial charge in [0.1, 0.15) is 0 Å². The Morgan fingerprint density at radius 3 is 2.31 bits per heavy atom. The van der Waals surface area contributed by atoms with Gasteiger partial charge in [0.15, 0.2) is 0 Å². The van der Waals surface area contributed by atoms with Crippen LogP contribution in [0.15, 0.2) is 0 Å². The Hall–Kier alpha value is 0.270. The summed E-state index contributed by atoms with van der Waals surface area (Å²) in [4.78, 5) is -0.685. The van der Waals surface area contributed by atoms with Crippen molar-refractivity contribution >= 4 is 12.6 Å². The molecule has 2 unspecified atom stereocenters. The fourth-order valence-corrected chi connectivity index (χ4v) is 2.95. The first kappa shape index (κ1) is 14.3. The van der Waals surface area contributed by atoms with E-state index >= 15 is 0 Å². The Balaban J connectivity index is 2.46. The van der Waals surface area contributed by atoms with Crippen LogP contribution in [0.1, 0.15) is 58.8 Å². The third-order valence-corrected chi connectivity index (χ3v) is 4.47. The zero-order chi connectivity index (χ0) is 12.2. The van der Waals surface area contributed by atoms with E-state index in [1.165, 1.54) is 19.3 Å². The topological polar surface area (TPSA) is 46.2 Å². The molecule has 96 valence electrons. The Labute approximate surface area is 105 Å². The molecular formula is C13H27NOS. The summed E-state index contributed by atoms with van der Waals surface area (Å²) in [6.45, 7) is 4.34. The summed E-state index contributed by atoms with van der Waals surface area (Å²) in [5, 5.41) is 10.2. The standard InChI is InChI=1S/C13H27NOS/c1-10(2)8-9-12(15)13(14,16)11-6-4-3-5-7-11/h10-12,15-16H,3-9,14H2,1-2H3. The van der Waals surface area contributed by atoms with Gasteiger partial charge in [-0.25, -0.2) is 0 Å². The second-order valence-corrected chi connectivity index (χ2v) is 6.48. The van der Waals surface area contributed by atoms with Crippen LogP contribution >= 0.6 is 12.6 Å². The predicted molar refractivity (Wildman–Crippen MR) is 72.6 cm³/mol. The van der Waals surface area contributed by atoms with Crippen molar-refractivity contribution in [1.29, 1.82) is 0 Å². The van der Waals surface area contributed by atoms with Crippen molar-refractivity contribution in [2.75, 3.05) is 0 Å². The molecule has 1 aliphatic carbocycles. The lowest BCUT2D eigenvalue weighted by molar-refractivity contribution is 0.0748. The number of hydrogen-bond donors (Lipinski definition) is 3. The first-order valence-electron chi connectivity index (χ1n) is 6.64. The predicted octanol–water partition coefficient (Wildman–Crippen LogP) is 2.95. The van der Waals surface area contributed by atoms with Crippen LogP contribution in [-0.2, 0) is 0 Å². The lowest BCUT2D eigenvalue weighted by Crippen LogP contribution is -2.52. The van der Waals surface area contributed by atoms with E-state index in [1.807, 2.05) is 0 Å². The van der Waals surface area contributed by atoms with Crippen LogP contribution < -0.4 is 5.73 Å². The lowest BCUT2D eigenvalue weighted by Gasteiger charge is -2.39. The second-order valence-electron chi connectivity index (χ2n) is 5.71. The van der Waals surface area contributed by atoms with E-state index in [9.17, 15) is 5.11 Å². The second kappa shape index (κ2) is 6.27. The zero-order valence-corrected chi connectivity index (χ0v) is 11.5. The molecule has 3 heteroatoms. The Bertz CT molecular complexity index is 200. The molecule has 3 N–H and O–H groups in total. The monoisotopic (exact) mass is 245 g/mol. The maximum Gasteiger partial charge on any atom is 0.0882 e. The third-order valence-electron chi connectivity index (χ3n) is 3.81. The van der Waals surface area contributed by atoms with Crippen molar-refractivity contribution in [3.05, 3.63) is 0 Å². The van der Waals surface area contributed by atoms with Gasteiger partial charge in [-0.15, -0.1) is 0 Å². The fraction of sp³-hybridized carbons (Fsp3) is 1.00. The maximum absolute atomic E-state index is 10.2. The summed E-state index contributed by atoms with van der Waals surface area (Å²) in [6, 6.07) is 0. The van der Waals surface area contributed by atoms with Gasteiger partial charge in [-0.05, 0) is 37.5 Å². The highest BCUT2D eigenvalue weighted by atomic mass is 32.1. The first-order chi connectivity index (χ1) is 7.44. The molecule has 0 spiro atoms. The smallest absolute Gasteiger partial charge is 0.0882 e. The molecule has 0 bridgehead atoms. The van der Waals surface area contributed by atoms with Gasteiger partial charge in [-0.2, -0.15) is 12.6 Å². The summed E-state index contributed by atoms with van der Waals surface area (Å²) >= 11 is 4.55. The van der Waals surface area contributed by atoms with Crippen molar-refractivity contribution in [2.24, 2.45) is 17.6 Å². The van der Waals surface area contributed by atoms with Crippen LogP contribution in [-0.4, -0.2) is 16.1 Å². The number of nitrogens with two attached hydrogens (primary N) is 1. The van der Waals surface area contributed by atoms with Gasteiger partial charge in [0.2, 0.25) is 0 Å². The summed E-state index contributed by atoms with van der Waals surface area (Å²) < 4.78 is 0. The SMILES string of the molecule is CC(C)CCC(O)C(N)(S)C1CCCCC1. The fourth-order valence-electron chi connectivity index (χ4n) is 2.56. The van der Waals surface area contributed by atoms with Crippen LogP contribution in [0.3, 0.4) is 0 Å². The van der Waals surface area contributed by atoms with Crippen molar-refractivity contribution in [3.8, 4) is 0 Å². The average Bonchev–Trinajstić information content (AvgIpc) is 2.27. The molecule has 2 atom stereocenters. The van der Waals surface area contributed by atoms with Crippen LogP contribution in [0.4, 0.5) is 0 Å². The van der Waals surface area contributed by atoms with Crippen LogP contribution in [0.5, 0.6) is 0 Å². The number of thiol groups is 1. The summed E-state index contributed by atoms with van der Waals surface area (Å²) in [6.07, 6.45) is 7.35. The van der Waals surface area contributed by atoms with Gasteiger partial charge >= 0.3 is 0 Å². The molecule has 0 aromatic heterocycles. The van der Waals surface area contributed by atoms with Crippen LogP contribution in [0.25, 0.3) is 0 Å². The third kappa shape index (κ3) is 3.94. The molecule has 0 saturated heterocycles. The molecule has 0 aliphatic heterocycles. The van der Waals surface area contributed by atoms with Crippen molar-refractivity contribution in [3.63, 3.8) is 0 Å². The number of rotatable bonds is 5. The van der Waals surface area contributed by atoms with Crippen LogP contribution in [0, 0.1) is 11.8 Å². The Morgan fingerprint density at radius 1 is 1.25 bits per heavy atom. The van der Waals surface area contributed by atoms with E-state index < -0.39 is 11.0 Å². The molecule has 0 aromatic carbocycles. The average molecular weight is 245 g/mol. The molecule has 1 fully saturated rings. The summed E-state index contributed by atoms with van der Waals surface area (Å²) in [5.74, 6) is 0.997. The van der Waals surface area contributed by atoms with Crippen molar-refractivity contribution < 1.29 is 5.11 Å². The molecule has 0 heterocycles. The van der Waals surface area contributed by atoms with E-state index in [0.29, 0.717) is 11.8 Å². The quantitative estimate of drug-likeness (QED) is 0.515. The molecule has 1 rings (SSSR count).